The van der Waals surface area contributed by atoms with Crippen LogP contribution >= 0.6 is 11.3 Å². The first-order valence-electron chi connectivity index (χ1n) is 5.01. The van der Waals surface area contributed by atoms with Crippen molar-refractivity contribution in [3.8, 4) is 0 Å². The van der Waals surface area contributed by atoms with E-state index in [0.717, 1.165) is 10.6 Å². The Kier molecular flexibility index (Phi) is 3.14. The molecule has 2 heterocycles. The van der Waals surface area contributed by atoms with Crippen molar-refractivity contribution in [1.82, 2.24) is 4.98 Å². The monoisotopic (exact) mass is 252 g/mol. The third-order valence-electron chi connectivity index (χ3n) is 2.40. The molecule has 0 spiro atoms. The number of carboxylic acid groups (broad SMARTS) is 1. The molecule has 17 heavy (non-hydrogen) atoms. The minimum Gasteiger partial charge on any atom is -0.475 e. The molecule has 2 aromatic rings. The van der Waals surface area contributed by atoms with Gasteiger partial charge in [0.25, 0.3) is 0 Å². The van der Waals surface area contributed by atoms with E-state index >= 15 is 0 Å². The lowest BCUT2D eigenvalue weighted by molar-refractivity contribution is 0.0663. The number of carboxylic acids is 1. The summed E-state index contributed by atoms with van der Waals surface area (Å²) in [5.74, 6) is -0.568. The highest BCUT2D eigenvalue weighted by molar-refractivity contribution is 7.09. The lowest BCUT2D eigenvalue weighted by atomic mass is 10.3. The van der Waals surface area contributed by atoms with Gasteiger partial charge in [-0.25, -0.2) is 9.78 Å². The van der Waals surface area contributed by atoms with Gasteiger partial charge in [0.2, 0.25) is 5.76 Å². The number of thiazole rings is 1. The summed E-state index contributed by atoms with van der Waals surface area (Å²) in [7, 11) is 1.85. The molecule has 90 valence electrons. The maximum Gasteiger partial charge on any atom is 0.371 e. The number of anilines is 1. The average Bonchev–Trinajstić information content (AvgIpc) is 2.88. The molecule has 0 atom stereocenters. The lowest BCUT2D eigenvalue weighted by Gasteiger charge is -2.14. The summed E-state index contributed by atoms with van der Waals surface area (Å²) >= 11 is 1.57. The summed E-state index contributed by atoms with van der Waals surface area (Å²) in [6.07, 6.45) is 0. The summed E-state index contributed by atoms with van der Waals surface area (Å²) in [4.78, 5) is 17.8. The number of furan rings is 1. The number of rotatable bonds is 4. The van der Waals surface area contributed by atoms with Crippen LogP contribution in [0.5, 0.6) is 0 Å². The van der Waals surface area contributed by atoms with E-state index in [1.165, 1.54) is 6.07 Å². The molecule has 0 unspecified atom stereocenters. The molecule has 0 aliphatic rings. The predicted octanol–water partition coefficient (Wildman–Crippen LogP) is 2.38. The van der Waals surface area contributed by atoms with Gasteiger partial charge in [0.15, 0.2) is 5.88 Å². The normalized spacial score (nSPS) is 10.5. The molecule has 2 aromatic heterocycles. The highest BCUT2D eigenvalue weighted by atomic mass is 32.1. The summed E-state index contributed by atoms with van der Waals surface area (Å²) in [5.41, 5.74) is 2.79. The predicted molar refractivity (Wildman–Crippen MR) is 64.6 cm³/mol. The molecule has 2 rings (SSSR count). The molecular weight excluding hydrogens is 240 g/mol. The zero-order valence-electron chi connectivity index (χ0n) is 9.51. The van der Waals surface area contributed by atoms with Crippen molar-refractivity contribution in [3.05, 3.63) is 34.0 Å². The number of aromatic nitrogens is 1. The Hall–Kier alpha value is -1.82. The first-order chi connectivity index (χ1) is 8.08. The Bertz CT molecular complexity index is 532. The van der Waals surface area contributed by atoms with Gasteiger partial charge < -0.3 is 14.4 Å². The van der Waals surface area contributed by atoms with Gasteiger partial charge in [0.05, 0.1) is 17.7 Å². The molecule has 0 saturated heterocycles. The standard InChI is InChI=1S/C11H12N2O3S/c1-7-9(17-6-12-7)5-13(2)10-4-3-8(16-10)11(14)15/h3-4,6H,5H2,1-2H3,(H,14,15). The van der Waals surface area contributed by atoms with Gasteiger partial charge in [-0.15, -0.1) is 11.3 Å². The molecule has 0 bridgehead atoms. The van der Waals surface area contributed by atoms with Crippen LogP contribution in [0.1, 0.15) is 21.1 Å². The van der Waals surface area contributed by atoms with Gasteiger partial charge in [-0.2, -0.15) is 0 Å². The SMILES string of the molecule is Cc1ncsc1CN(C)c1ccc(C(=O)O)o1. The van der Waals surface area contributed by atoms with Gasteiger partial charge in [0.1, 0.15) is 0 Å². The van der Waals surface area contributed by atoms with Gasteiger partial charge in [0, 0.05) is 18.0 Å². The van der Waals surface area contributed by atoms with Crippen molar-refractivity contribution in [1.29, 1.82) is 0 Å². The van der Waals surface area contributed by atoms with Crippen molar-refractivity contribution in [3.63, 3.8) is 0 Å². The second-order valence-electron chi connectivity index (χ2n) is 3.66. The zero-order chi connectivity index (χ0) is 12.4. The Morgan fingerprint density at radius 1 is 1.59 bits per heavy atom. The Labute approximate surface area is 102 Å². The topological polar surface area (TPSA) is 66.6 Å². The van der Waals surface area contributed by atoms with Crippen LogP contribution in [0.2, 0.25) is 0 Å². The van der Waals surface area contributed by atoms with Crippen LogP contribution in [0, 0.1) is 6.92 Å². The highest BCUT2D eigenvalue weighted by Gasteiger charge is 2.13. The van der Waals surface area contributed by atoms with Crippen LogP contribution in [0.25, 0.3) is 0 Å². The van der Waals surface area contributed by atoms with Crippen LogP contribution in [-0.4, -0.2) is 23.1 Å². The van der Waals surface area contributed by atoms with Crippen molar-refractivity contribution < 1.29 is 14.3 Å². The van der Waals surface area contributed by atoms with E-state index in [0.29, 0.717) is 12.4 Å². The van der Waals surface area contributed by atoms with E-state index in [9.17, 15) is 4.79 Å². The summed E-state index contributed by atoms with van der Waals surface area (Å²) < 4.78 is 5.21. The third kappa shape index (κ3) is 2.47. The lowest BCUT2D eigenvalue weighted by Crippen LogP contribution is -2.15. The largest absolute Gasteiger partial charge is 0.475 e. The Morgan fingerprint density at radius 2 is 2.35 bits per heavy atom. The molecule has 6 heteroatoms. The molecule has 0 aliphatic carbocycles. The number of aromatic carboxylic acids is 1. The number of hydrogen-bond donors (Lipinski definition) is 1. The maximum absolute atomic E-state index is 10.7. The van der Waals surface area contributed by atoms with E-state index in [4.69, 9.17) is 9.52 Å². The number of aryl methyl sites for hydroxylation is 1. The maximum atomic E-state index is 10.7. The Balaban J connectivity index is 2.12. The molecule has 0 aromatic carbocycles. The van der Waals surface area contributed by atoms with Crippen molar-refractivity contribution in [2.45, 2.75) is 13.5 Å². The molecule has 5 nitrogen and oxygen atoms in total. The second-order valence-corrected chi connectivity index (χ2v) is 4.60. The van der Waals surface area contributed by atoms with Crippen molar-refractivity contribution in [2.24, 2.45) is 0 Å². The van der Waals surface area contributed by atoms with E-state index in [1.807, 2.05) is 18.9 Å². The fraction of sp³-hybridized carbons (Fsp3) is 0.273. The minimum absolute atomic E-state index is 0.0483. The fourth-order valence-corrected chi connectivity index (χ4v) is 2.25. The minimum atomic E-state index is -1.06. The van der Waals surface area contributed by atoms with E-state index in [-0.39, 0.29) is 5.76 Å². The highest BCUT2D eigenvalue weighted by Crippen LogP contribution is 2.21. The average molecular weight is 252 g/mol. The van der Waals surface area contributed by atoms with Gasteiger partial charge >= 0.3 is 5.97 Å². The molecule has 0 aliphatic heterocycles. The van der Waals surface area contributed by atoms with Crippen LogP contribution < -0.4 is 4.90 Å². The van der Waals surface area contributed by atoms with Gasteiger partial charge in [-0.3, -0.25) is 0 Å². The molecule has 0 radical (unpaired) electrons. The quantitative estimate of drug-likeness (QED) is 0.904. The Morgan fingerprint density at radius 3 is 2.88 bits per heavy atom. The molecule has 1 N–H and O–H groups in total. The molecule has 0 saturated carbocycles. The molecule has 0 fully saturated rings. The van der Waals surface area contributed by atoms with Crippen molar-refractivity contribution >= 4 is 23.2 Å². The zero-order valence-corrected chi connectivity index (χ0v) is 10.3. The summed E-state index contributed by atoms with van der Waals surface area (Å²) in [6, 6.07) is 3.10. The summed E-state index contributed by atoms with van der Waals surface area (Å²) in [6.45, 7) is 2.60. The molecule has 0 amide bonds. The smallest absolute Gasteiger partial charge is 0.371 e. The van der Waals surface area contributed by atoms with Gasteiger partial charge in [-0.05, 0) is 13.0 Å². The van der Waals surface area contributed by atoms with Crippen LogP contribution in [0.15, 0.2) is 22.1 Å². The van der Waals surface area contributed by atoms with E-state index in [1.54, 1.807) is 22.9 Å². The van der Waals surface area contributed by atoms with Crippen LogP contribution in [0.4, 0.5) is 5.88 Å². The number of hydrogen-bond acceptors (Lipinski definition) is 5. The number of carbonyl (C=O) groups is 1. The van der Waals surface area contributed by atoms with Crippen LogP contribution in [-0.2, 0) is 6.54 Å². The number of nitrogens with zero attached hydrogens (tertiary/aromatic N) is 2. The van der Waals surface area contributed by atoms with Crippen molar-refractivity contribution in [2.75, 3.05) is 11.9 Å². The van der Waals surface area contributed by atoms with Gasteiger partial charge in [-0.1, -0.05) is 0 Å². The van der Waals surface area contributed by atoms with Crippen LogP contribution in [0.3, 0.4) is 0 Å². The van der Waals surface area contributed by atoms with E-state index < -0.39 is 5.97 Å². The van der Waals surface area contributed by atoms with E-state index in [2.05, 4.69) is 4.98 Å². The first-order valence-corrected chi connectivity index (χ1v) is 5.89. The molecular formula is C11H12N2O3S. The fourth-order valence-electron chi connectivity index (χ4n) is 1.42. The summed E-state index contributed by atoms with van der Waals surface area (Å²) in [5, 5.41) is 8.76. The first kappa shape index (κ1) is 11.7. The third-order valence-corrected chi connectivity index (χ3v) is 3.32. The second kappa shape index (κ2) is 4.58.